The molecule has 2 unspecified atom stereocenters. The van der Waals surface area contributed by atoms with Crippen molar-refractivity contribution in [3.8, 4) is 5.75 Å². The number of aliphatic hydroxyl groups is 1. The predicted octanol–water partition coefficient (Wildman–Crippen LogP) is 0.626. The molecular formula is C41H65N9O8. The Bertz CT molecular complexity index is 1540. The van der Waals surface area contributed by atoms with Crippen molar-refractivity contribution in [3.63, 3.8) is 0 Å². The van der Waals surface area contributed by atoms with Gasteiger partial charge >= 0.3 is 12.1 Å². The lowest BCUT2D eigenvalue weighted by molar-refractivity contribution is -0.131. The Labute approximate surface area is 342 Å². The van der Waals surface area contributed by atoms with Crippen LogP contribution >= 0.6 is 0 Å². The summed E-state index contributed by atoms with van der Waals surface area (Å²) in [5, 5.41) is 37.7. The van der Waals surface area contributed by atoms with E-state index in [1.54, 1.807) is 12.1 Å². The minimum atomic E-state index is -1.22. The van der Waals surface area contributed by atoms with Gasteiger partial charge in [0.1, 0.15) is 17.8 Å². The summed E-state index contributed by atoms with van der Waals surface area (Å²) in [6.07, 6.45) is -0.961. The Hall–Kier alpha value is -4.52. The highest BCUT2D eigenvalue weighted by Gasteiger charge is 2.32. The number of aliphatic hydroxyl groups excluding tert-OH is 1. The highest BCUT2D eigenvalue weighted by molar-refractivity contribution is 5.88. The van der Waals surface area contributed by atoms with Crippen LogP contribution in [0.25, 0.3) is 0 Å². The van der Waals surface area contributed by atoms with Crippen LogP contribution in [0.1, 0.15) is 38.8 Å². The van der Waals surface area contributed by atoms with Crippen LogP contribution < -0.4 is 32.0 Å². The lowest BCUT2D eigenvalue weighted by atomic mass is 9.98. The van der Waals surface area contributed by atoms with E-state index in [0.29, 0.717) is 52.6 Å². The van der Waals surface area contributed by atoms with Gasteiger partial charge in [-0.3, -0.25) is 24.8 Å². The highest BCUT2D eigenvalue weighted by atomic mass is 16.5. The number of hydrazine groups is 1. The number of phenolic OH excluding ortho intramolecular Hbond substituents is 1. The number of amides is 6. The number of benzene rings is 2. The van der Waals surface area contributed by atoms with Gasteiger partial charge in [-0.2, -0.15) is 0 Å². The van der Waals surface area contributed by atoms with Gasteiger partial charge < -0.3 is 46.3 Å². The van der Waals surface area contributed by atoms with Gasteiger partial charge in [0, 0.05) is 65.4 Å². The molecule has 0 radical (unpaired) electrons. The van der Waals surface area contributed by atoms with Gasteiger partial charge in [-0.1, -0.05) is 70.2 Å². The van der Waals surface area contributed by atoms with E-state index in [1.807, 2.05) is 58.0 Å². The van der Waals surface area contributed by atoms with Crippen molar-refractivity contribution in [1.29, 1.82) is 0 Å². The van der Waals surface area contributed by atoms with Crippen molar-refractivity contribution in [2.75, 3.05) is 85.3 Å². The molecular weight excluding hydrogens is 747 g/mol. The average Bonchev–Trinajstić information content (AvgIpc) is 3.20. The number of urea groups is 2. The van der Waals surface area contributed by atoms with Gasteiger partial charge in [0.25, 0.3) is 5.91 Å². The maximum atomic E-state index is 13.9. The zero-order chi connectivity index (χ0) is 41.9. The number of carbonyl (C=O) groups excluding carboxylic acids is 4. The number of hydrogen-bond donors (Lipinski definition) is 8. The lowest BCUT2D eigenvalue weighted by Gasteiger charge is -2.33. The molecule has 8 N–H and O–H groups in total. The predicted molar refractivity (Wildman–Crippen MR) is 220 cm³/mol. The summed E-state index contributed by atoms with van der Waals surface area (Å²) in [5.41, 5.74) is 4.50. The third kappa shape index (κ3) is 16.4. The van der Waals surface area contributed by atoms with Crippen molar-refractivity contribution < 1.29 is 38.9 Å². The molecule has 2 heterocycles. The van der Waals surface area contributed by atoms with E-state index >= 15 is 0 Å². The molecule has 0 saturated carbocycles. The largest absolute Gasteiger partial charge is 0.508 e. The molecule has 0 aliphatic carbocycles. The van der Waals surface area contributed by atoms with Crippen molar-refractivity contribution >= 4 is 23.9 Å². The van der Waals surface area contributed by atoms with Gasteiger partial charge in [-0.05, 0) is 41.5 Å². The number of morpholine rings is 2. The van der Waals surface area contributed by atoms with Gasteiger partial charge in [0.15, 0.2) is 0 Å². The first-order valence-corrected chi connectivity index (χ1v) is 20.4. The van der Waals surface area contributed by atoms with Gasteiger partial charge in [-0.15, -0.1) is 0 Å². The number of aromatic hydroxyl groups is 1. The smallest absolute Gasteiger partial charge is 0.315 e. The maximum absolute atomic E-state index is 13.9. The van der Waals surface area contributed by atoms with Gasteiger partial charge in [0.05, 0.1) is 38.6 Å². The molecule has 2 aliphatic heterocycles. The molecule has 2 aromatic carbocycles. The zero-order valence-corrected chi connectivity index (χ0v) is 34.5. The molecule has 58 heavy (non-hydrogen) atoms. The van der Waals surface area contributed by atoms with Crippen LogP contribution in [-0.4, -0.2) is 158 Å². The topological polar surface area (TPSA) is 209 Å². The number of carbonyl (C=O) groups is 4. The quantitative estimate of drug-likeness (QED) is 0.0821. The van der Waals surface area contributed by atoms with Crippen LogP contribution in [-0.2, 0) is 32.0 Å². The number of nitrogens with one attached hydrogen (secondary N) is 6. The fourth-order valence-electron chi connectivity index (χ4n) is 6.73. The minimum absolute atomic E-state index is 0.0767. The molecule has 2 fully saturated rings. The fraction of sp³-hybridized carbons (Fsp3) is 0.610. The van der Waals surface area contributed by atoms with Gasteiger partial charge in [0.2, 0.25) is 5.91 Å². The summed E-state index contributed by atoms with van der Waals surface area (Å²) < 4.78 is 10.8. The Balaban J connectivity index is 1.45. The monoisotopic (exact) mass is 811 g/mol. The SMILES string of the molecule is CC(C)[C@H](NC(=O)NCCN1CCOCC1)C(=O)NC(Cc1ccccc1)C(O)CN(Cc1ccc(O)cc1)NC(=O)[C@@H](NC(=O)NCCN1CCOCC1)C(C)C. The fourth-order valence-corrected chi connectivity index (χ4v) is 6.73. The van der Waals surface area contributed by atoms with E-state index in [2.05, 4.69) is 41.8 Å². The lowest BCUT2D eigenvalue weighted by Crippen LogP contribution is -2.60. The zero-order valence-electron chi connectivity index (χ0n) is 34.5. The Morgan fingerprint density at radius 2 is 1.19 bits per heavy atom. The van der Waals surface area contributed by atoms with Gasteiger partial charge in [-0.25, -0.2) is 14.6 Å². The summed E-state index contributed by atoms with van der Waals surface area (Å²) >= 11 is 0. The molecule has 17 heteroatoms. The Morgan fingerprint density at radius 1 is 0.690 bits per heavy atom. The average molecular weight is 812 g/mol. The van der Waals surface area contributed by atoms with E-state index in [1.165, 1.54) is 17.1 Å². The number of ether oxygens (including phenoxy) is 2. The summed E-state index contributed by atoms with van der Waals surface area (Å²) in [6, 6.07) is 12.3. The molecule has 4 atom stereocenters. The van der Waals surface area contributed by atoms with Crippen molar-refractivity contribution in [2.45, 2.75) is 64.9 Å². The highest BCUT2D eigenvalue weighted by Crippen LogP contribution is 2.15. The first-order chi connectivity index (χ1) is 27.9. The maximum Gasteiger partial charge on any atom is 0.315 e. The first kappa shape index (κ1) is 46.2. The number of rotatable bonds is 21. The summed E-state index contributed by atoms with van der Waals surface area (Å²) in [4.78, 5) is 58.1. The summed E-state index contributed by atoms with van der Waals surface area (Å²) in [6.45, 7) is 15.2. The van der Waals surface area contributed by atoms with E-state index in [0.717, 1.165) is 37.3 Å². The first-order valence-electron chi connectivity index (χ1n) is 20.4. The van der Waals surface area contributed by atoms with E-state index in [-0.39, 0.29) is 37.1 Å². The third-order valence-electron chi connectivity index (χ3n) is 10.2. The van der Waals surface area contributed by atoms with Crippen molar-refractivity contribution in [3.05, 3.63) is 65.7 Å². The van der Waals surface area contributed by atoms with Crippen LogP contribution in [0.2, 0.25) is 0 Å². The van der Waals surface area contributed by atoms with E-state index in [9.17, 15) is 29.4 Å². The molecule has 0 spiro atoms. The molecule has 17 nitrogen and oxygen atoms in total. The second-order valence-electron chi connectivity index (χ2n) is 15.5. The number of hydrogen-bond acceptors (Lipinski definition) is 11. The molecule has 2 aromatic rings. The van der Waals surface area contributed by atoms with Crippen molar-refractivity contribution in [2.24, 2.45) is 11.8 Å². The van der Waals surface area contributed by atoms with Crippen LogP contribution in [0.5, 0.6) is 5.75 Å². The molecule has 0 bridgehead atoms. The molecule has 0 aromatic heterocycles. The van der Waals surface area contributed by atoms with Crippen LogP contribution in [0, 0.1) is 11.8 Å². The Morgan fingerprint density at radius 3 is 1.69 bits per heavy atom. The van der Waals surface area contributed by atoms with E-state index in [4.69, 9.17) is 9.47 Å². The Kier molecular flexibility index (Phi) is 19.4. The summed E-state index contributed by atoms with van der Waals surface area (Å²) in [7, 11) is 0. The molecule has 4 rings (SSSR count). The molecule has 2 saturated heterocycles. The van der Waals surface area contributed by atoms with Crippen LogP contribution in [0.3, 0.4) is 0 Å². The standard InChI is InChI=1S/C41H65N9O8/c1-29(2)36(45-40(55)42-14-16-48-18-22-57-23-19-48)38(53)44-34(26-31-8-6-5-7-9-31)35(52)28-50(27-32-10-12-33(51)13-11-32)47-39(54)37(30(3)4)46-41(56)43-15-17-49-20-24-58-25-21-49/h5-13,29-30,34-37,51-52H,14-28H2,1-4H3,(H,44,53)(H,47,54)(H2,42,45,55)(H2,43,46,56)/t34?,35?,36-,37-/m0/s1. The molecule has 2 aliphatic rings. The second-order valence-corrected chi connectivity index (χ2v) is 15.5. The molecule has 6 amide bonds. The van der Waals surface area contributed by atoms with Crippen molar-refractivity contribution in [1.82, 2.24) is 46.8 Å². The minimum Gasteiger partial charge on any atom is -0.508 e. The number of phenols is 1. The number of nitrogens with zero attached hydrogens (tertiary/aromatic N) is 3. The second kappa shape index (κ2) is 24.4. The third-order valence-corrected chi connectivity index (χ3v) is 10.2. The van der Waals surface area contributed by atoms with E-state index < -0.39 is 48.1 Å². The summed E-state index contributed by atoms with van der Waals surface area (Å²) in [5.74, 6) is -1.44. The van der Waals surface area contributed by atoms with Crippen LogP contribution in [0.15, 0.2) is 54.6 Å². The molecule has 322 valence electrons. The normalized spacial score (nSPS) is 17.2. The van der Waals surface area contributed by atoms with Crippen LogP contribution in [0.4, 0.5) is 9.59 Å².